The summed E-state index contributed by atoms with van der Waals surface area (Å²) in [5, 5.41) is 0. The number of nitrogens with one attached hydrogen (secondary N) is 1. The van der Waals surface area contributed by atoms with Crippen molar-refractivity contribution in [1.29, 1.82) is 0 Å². The van der Waals surface area contributed by atoms with Gasteiger partial charge >= 0.3 is 0 Å². The van der Waals surface area contributed by atoms with Crippen LogP contribution in [0.1, 0.15) is 46.1 Å². The molecule has 0 aliphatic carbocycles. The highest BCUT2D eigenvalue weighted by Gasteiger charge is 2.33. The summed E-state index contributed by atoms with van der Waals surface area (Å²) in [4.78, 5) is 15.1. The Balaban J connectivity index is 2.21. The number of hydrogen-bond acceptors (Lipinski definition) is 3. The fraction of sp³-hybridized carbons (Fsp3) is 0.650. The topological polar surface area (TPSA) is 66.5 Å². The monoisotopic (exact) mass is 380 g/mol. The predicted molar refractivity (Wildman–Crippen MR) is 104 cm³/mol. The summed E-state index contributed by atoms with van der Waals surface area (Å²) in [5.74, 6) is 0.990. The van der Waals surface area contributed by atoms with Gasteiger partial charge in [0, 0.05) is 13.1 Å². The summed E-state index contributed by atoms with van der Waals surface area (Å²) in [6, 6.07) is 5.97. The van der Waals surface area contributed by atoms with E-state index < -0.39 is 16.1 Å². The van der Waals surface area contributed by atoms with Crippen LogP contribution in [0, 0.1) is 24.7 Å². The SMILES string of the molecule is Cc1ccc(S(=O)(=O)N[C@H](CC(C)C)C(=O)N2C[C@@H](C)C[C@H](C)C2)cc1. The lowest BCUT2D eigenvalue weighted by Gasteiger charge is -2.37. The Kier molecular flexibility index (Phi) is 6.86. The Morgan fingerprint density at radius 1 is 1.15 bits per heavy atom. The number of amides is 1. The van der Waals surface area contributed by atoms with Gasteiger partial charge < -0.3 is 4.90 Å². The van der Waals surface area contributed by atoms with Crippen LogP contribution in [0.25, 0.3) is 0 Å². The van der Waals surface area contributed by atoms with Gasteiger partial charge in [-0.1, -0.05) is 45.4 Å². The molecule has 146 valence electrons. The van der Waals surface area contributed by atoms with Crippen molar-refractivity contribution in [1.82, 2.24) is 9.62 Å². The van der Waals surface area contributed by atoms with E-state index in [0.717, 1.165) is 12.0 Å². The van der Waals surface area contributed by atoms with Crippen molar-refractivity contribution in [2.45, 2.75) is 58.4 Å². The van der Waals surface area contributed by atoms with Gasteiger partial charge in [-0.2, -0.15) is 4.72 Å². The first kappa shape index (κ1) is 20.9. The number of hydrogen-bond donors (Lipinski definition) is 1. The molecule has 1 heterocycles. The molecule has 3 atom stereocenters. The normalized spacial score (nSPS) is 22.5. The van der Waals surface area contributed by atoms with E-state index in [1.54, 1.807) is 24.3 Å². The molecule has 0 radical (unpaired) electrons. The molecule has 5 nitrogen and oxygen atoms in total. The van der Waals surface area contributed by atoms with Crippen LogP contribution in [0.15, 0.2) is 29.2 Å². The molecule has 1 aliphatic heterocycles. The Hall–Kier alpha value is -1.40. The average molecular weight is 381 g/mol. The van der Waals surface area contributed by atoms with E-state index >= 15 is 0 Å². The summed E-state index contributed by atoms with van der Waals surface area (Å²) < 4.78 is 28.2. The molecule has 2 rings (SSSR count). The van der Waals surface area contributed by atoms with E-state index in [9.17, 15) is 13.2 Å². The lowest BCUT2D eigenvalue weighted by Crippen LogP contribution is -2.52. The quantitative estimate of drug-likeness (QED) is 0.824. The van der Waals surface area contributed by atoms with Gasteiger partial charge in [-0.05, 0) is 49.7 Å². The molecule has 1 saturated heterocycles. The molecule has 1 N–H and O–H groups in total. The van der Waals surface area contributed by atoms with Gasteiger partial charge in [0.1, 0.15) is 6.04 Å². The second-order valence-corrected chi connectivity index (χ2v) is 10.0. The first-order valence-corrected chi connectivity index (χ1v) is 10.9. The van der Waals surface area contributed by atoms with Crippen LogP contribution in [-0.4, -0.2) is 38.4 Å². The zero-order valence-corrected chi connectivity index (χ0v) is 17.3. The number of carbonyl (C=O) groups excluding carboxylic acids is 1. The number of nitrogens with zero attached hydrogens (tertiary/aromatic N) is 1. The van der Waals surface area contributed by atoms with Gasteiger partial charge in [0.2, 0.25) is 15.9 Å². The number of carbonyl (C=O) groups is 1. The van der Waals surface area contributed by atoms with Gasteiger partial charge in [-0.25, -0.2) is 8.42 Å². The number of piperidine rings is 1. The van der Waals surface area contributed by atoms with E-state index in [-0.39, 0.29) is 16.7 Å². The van der Waals surface area contributed by atoms with Crippen LogP contribution >= 0.6 is 0 Å². The third-order valence-electron chi connectivity index (χ3n) is 4.81. The third kappa shape index (κ3) is 5.55. The summed E-state index contributed by atoms with van der Waals surface area (Å²) in [6.45, 7) is 11.6. The van der Waals surface area contributed by atoms with Crippen molar-refractivity contribution in [2.24, 2.45) is 17.8 Å². The maximum Gasteiger partial charge on any atom is 0.241 e. The summed E-state index contributed by atoms with van der Waals surface area (Å²) in [5.41, 5.74) is 0.995. The van der Waals surface area contributed by atoms with Gasteiger partial charge in [0.05, 0.1) is 4.90 Å². The van der Waals surface area contributed by atoms with E-state index in [0.29, 0.717) is 31.3 Å². The van der Waals surface area contributed by atoms with Crippen LogP contribution in [0.3, 0.4) is 0 Å². The zero-order chi connectivity index (χ0) is 19.5. The Labute approximate surface area is 158 Å². The Morgan fingerprint density at radius 3 is 2.19 bits per heavy atom. The van der Waals surface area contributed by atoms with Crippen LogP contribution < -0.4 is 4.72 Å². The van der Waals surface area contributed by atoms with Crippen molar-refractivity contribution < 1.29 is 13.2 Å². The maximum atomic E-state index is 13.1. The van der Waals surface area contributed by atoms with Crippen molar-refractivity contribution in [3.05, 3.63) is 29.8 Å². The Bertz CT molecular complexity index is 703. The standard InChI is InChI=1S/C20H32N2O3S/c1-14(2)10-19(20(23)22-12-16(4)11-17(5)13-22)21-26(24,25)18-8-6-15(3)7-9-18/h6-9,14,16-17,19,21H,10-13H2,1-5H3/t16-,17-,19+/m0/s1. The highest BCUT2D eigenvalue weighted by Crippen LogP contribution is 2.23. The number of likely N-dealkylation sites (tertiary alicyclic amines) is 1. The molecule has 0 aromatic heterocycles. The van der Waals surface area contributed by atoms with E-state index in [4.69, 9.17) is 0 Å². The third-order valence-corrected chi connectivity index (χ3v) is 6.30. The van der Waals surface area contributed by atoms with Crippen LogP contribution in [0.2, 0.25) is 0 Å². The molecule has 6 heteroatoms. The first-order valence-electron chi connectivity index (χ1n) is 9.46. The van der Waals surface area contributed by atoms with Gasteiger partial charge in [-0.3, -0.25) is 4.79 Å². The smallest absolute Gasteiger partial charge is 0.241 e. The molecule has 0 bridgehead atoms. The second-order valence-electron chi connectivity index (χ2n) is 8.31. The molecular weight excluding hydrogens is 348 g/mol. The summed E-state index contributed by atoms with van der Waals surface area (Å²) in [7, 11) is -3.73. The van der Waals surface area contributed by atoms with Crippen LogP contribution in [0.5, 0.6) is 0 Å². The highest BCUT2D eigenvalue weighted by atomic mass is 32.2. The summed E-state index contributed by atoms with van der Waals surface area (Å²) >= 11 is 0. The molecule has 1 amide bonds. The molecule has 0 spiro atoms. The molecular formula is C20H32N2O3S. The Morgan fingerprint density at radius 2 is 1.69 bits per heavy atom. The van der Waals surface area contributed by atoms with Crippen LogP contribution in [-0.2, 0) is 14.8 Å². The van der Waals surface area contributed by atoms with Gasteiger partial charge in [0.25, 0.3) is 0 Å². The number of rotatable bonds is 6. The number of sulfonamides is 1. The predicted octanol–water partition coefficient (Wildman–Crippen LogP) is 3.19. The van der Waals surface area contributed by atoms with Crippen LogP contribution in [0.4, 0.5) is 0 Å². The minimum Gasteiger partial charge on any atom is -0.341 e. The van der Waals surface area contributed by atoms with E-state index in [1.165, 1.54) is 0 Å². The lowest BCUT2D eigenvalue weighted by molar-refractivity contribution is -0.136. The molecule has 26 heavy (non-hydrogen) atoms. The number of aryl methyl sites for hydroxylation is 1. The fourth-order valence-corrected chi connectivity index (χ4v) is 4.91. The van der Waals surface area contributed by atoms with Crippen molar-refractivity contribution >= 4 is 15.9 Å². The minimum atomic E-state index is -3.73. The van der Waals surface area contributed by atoms with E-state index in [1.807, 2.05) is 25.7 Å². The van der Waals surface area contributed by atoms with Crippen molar-refractivity contribution in [3.8, 4) is 0 Å². The minimum absolute atomic E-state index is 0.104. The van der Waals surface area contributed by atoms with Crippen molar-refractivity contribution in [3.63, 3.8) is 0 Å². The average Bonchev–Trinajstić information content (AvgIpc) is 2.52. The molecule has 1 aromatic rings. The van der Waals surface area contributed by atoms with E-state index in [2.05, 4.69) is 18.6 Å². The lowest BCUT2D eigenvalue weighted by atomic mass is 9.91. The maximum absolute atomic E-state index is 13.1. The second kappa shape index (κ2) is 8.53. The zero-order valence-electron chi connectivity index (χ0n) is 16.5. The van der Waals surface area contributed by atoms with Crippen molar-refractivity contribution in [2.75, 3.05) is 13.1 Å². The molecule has 0 saturated carbocycles. The molecule has 1 aromatic carbocycles. The fourth-order valence-electron chi connectivity index (χ4n) is 3.71. The van der Waals surface area contributed by atoms with Gasteiger partial charge in [-0.15, -0.1) is 0 Å². The molecule has 1 aliphatic rings. The molecule has 1 fully saturated rings. The molecule has 0 unspecified atom stereocenters. The highest BCUT2D eigenvalue weighted by molar-refractivity contribution is 7.89. The number of benzene rings is 1. The van der Waals surface area contributed by atoms with Gasteiger partial charge in [0.15, 0.2) is 0 Å². The first-order chi connectivity index (χ1) is 12.1. The summed E-state index contributed by atoms with van der Waals surface area (Å²) in [6.07, 6.45) is 1.59. The largest absolute Gasteiger partial charge is 0.341 e.